The maximum absolute atomic E-state index is 16.6. The van der Waals surface area contributed by atoms with Crippen molar-refractivity contribution in [3.8, 4) is 34.0 Å². The van der Waals surface area contributed by atoms with Gasteiger partial charge in [-0.1, -0.05) is 123 Å². The second-order valence-electron chi connectivity index (χ2n) is 15.5. The third-order valence-electron chi connectivity index (χ3n) is 11.7. The van der Waals surface area contributed by atoms with Crippen molar-refractivity contribution >= 4 is 54.6 Å². The minimum atomic E-state index is -3.21. The van der Waals surface area contributed by atoms with E-state index in [4.69, 9.17) is 9.97 Å². The molecule has 4 heterocycles. The number of halogens is 2. The first-order chi connectivity index (χ1) is 28.9. The summed E-state index contributed by atoms with van der Waals surface area (Å²) in [4.78, 5) is 14.0. The Morgan fingerprint density at radius 3 is 2.08 bits per heavy atom. The molecule has 0 unspecified atom stereocenters. The van der Waals surface area contributed by atoms with Gasteiger partial charge in [-0.15, -0.1) is 0 Å². The largest absolute Gasteiger partial charge is 0.354 e. The lowest BCUT2D eigenvalue weighted by molar-refractivity contribution is 0.0417. The van der Waals surface area contributed by atoms with Crippen molar-refractivity contribution < 1.29 is 8.78 Å². The number of fused-ring (bicyclic) bond motifs is 7. The van der Waals surface area contributed by atoms with Crippen LogP contribution in [-0.2, 0) is 5.92 Å². The minimum absolute atomic E-state index is 0.000132. The van der Waals surface area contributed by atoms with Crippen LogP contribution in [0.3, 0.4) is 0 Å². The van der Waals surface area contributed by atoms with Crippen molar-refractivity contribution in [2.75, 3.05) is 0 Å². The number of hydrogen-bond donors (Lipinski definition) is 1. The van der Waals surface area contributed by atoms with E-state index in [1.54, 1.807) is 30.5 Å². The van der Waals surface area contributed by atoms with Gasteiger partial charge in [-0.3, -0.25) is 9.13 Å². The number of nitrogens with one attached hydrogen (secondary N) is 1. The molecule has 5 nitrogen and oxygen atoms in total. The molecule has 284 valence electrons. The van der Waals surface area contributed by atoms with E-state index in [0.29, 0.717) is 16.9 Å². The van der Waals surface area contributed by atoms with Crippen LogP contribution in [0, 0.1) is 0 Å². The summed E-state index contributed by atoms with van der Waals surface area (Å²) >= 11 is 0. The zero-order chi connectivity index (χ0) is 39.8. The van der Waals surface area contributed by atoms with Crippen molar-refractivity contribution in [1.82, 2.24) is 24.1 Å². The molecule has 0 aliphatic rings. The van der Waals surface area contributed by atoms with Crippen LogP contribution in [-0.4, -0.2) is 24.1 Å². The molecule has 0 radical (unpaired) electrons. The summed E-state index contributed by atoms with van der Waals surface area (Å²) in [6, 6.07) is 55.3. The van der Waals surface area contributed by atoms with E-state index in [2.05, 4.69) is 113 Å². The van der Waals surface area contributed by atoms with Crippen LogP contribution in [0.1, 0.15) is 36.5 Å². The Morgan fingerprint density at radius 2 is 1.29 bits per heavy atom. The smallest absolute Gasteiger partial charge is 0.298 e. The third kappa shape index (κ3) is 5.42. The van der Waals surface area contributed by atoms with E-state index in [-0.39, 0.29) is 17.0 Å². The van der Waals surface area contributed by atoms with Crippen molar-refractivity contribution in [3.63, 3.8) is 0 Å². The molecule has 0 aliphatic heterocycles. The Morgan fingerprint density at radius 1 is 0.576 bits per heavy atom. The highest BCUT2D eigenvalue weighted by Crippen LogP contribution is 2.45. The van der Waals surface area contributed by atoms with Crippen LogP contribution in [0.5, 0.6) is 0 Å². The van der Waals surface area contributed by atoms with Crippen molar-refractivity contribution in [3.05, 3.63) is 193 Å². The van der Waals surface area contributed by atoms with Gasteiger partial charge in [-0.2, -0.15) is 8.78 Å². The number of benzene rings is 7. The zero-order valence-electron chi connectivity index (χ0n) is 32.4. The quantitative estimate of drug-likeness (QED) is 0.175. The highest BCUT2D eigenvalue weighted by atomic mass is 19.3. The van der Waals surface area contributed by atoms with Gasteiger partial charge in [0.15, 0.2) is 0 Å². The van der Waals surface area contributed by atoms with Crippen LogP contribution in [0.4, 0.5) is 8.78 Å². The fourth-order valence-corrected chi connectivity index (χ4v) is 8.94. The van der Waals surface area contributed by atoms with Gasteiger partial charge < -0.3 is 4.98 Å². The van der Waals surface area contributed by atoms with Crippen molar-refractivity contribution in [2.24, 2.45) is 0 Å². The number of aromatic amines is 1. The van der Waals surface area contributed by atoms with E-state index in [1.807, 2.05) is 48.7 Å². The molecule has 0 saturated heterocycles. The first kappa shape index (κ1) is 34.8. The summed E-state index contributed by atoms with van der Waals surface area (Å²) in [5.74, 6) is -1.88. The number of hydrogen-bond acceptors (Lipinski definition) is 2. The van der Waals surface area contributed by atoms with Crippen LogP contribution < -0.4 is 0 Å². The number of para-hydroxylation sites is 4. The molecular weight excluding hydrogens is 733 g/mol. The average molecular weight is 770 g/mol. The topological polar surface area (TPSA) is 51.4 Å². The molecule has 0 fully saturated rings. The molecule has 0 saturated carbocycles. The molecule has 0 spiro atoms. The number of pyridine rings is 1. The molecule has 11 aromatic rings. The number of rotatable bonds is 7. The fraction of sp³-hybridized carbons (Fsp3) is 0.0769. The molecule has 7 heteroatoms. The van der Waals surface area contributed by atoms with Gasteiger partial charge in [-0.05, 0) is 77.7 Å². The minimum Gasteiger partial charge on any atom is -0.354 e. The number of nitrogens with zero attached hydrogens (tertiary/aromatic N) is 4. The first-order valence-corrected chi connectivity index (χ1v) is 19.9. The Kier molecular flexibility index (Phi) is 7.88. The van der Waals surface area contributed by atoms with Gasteiger partial charge in [0.25, 0.3) is 5.92 Å². The monoisotopic (exact) mass is 769 g/mol. The Hall–Kier alpha value is -7.38. The van der Waals surface area contributed by atoms with Crippen molar-refractivity contribution in [2.45, 2.75) is 25.7 Å². The second kappa shape index (κ2) is 13.4. The Labute approximate surface area is 338 Å². The molecule has 1 N–H and O–H groups in total. The van der Waals surface area contributed by atoms with Crippen LogP contribution >= 0.6 is 0 Å². The summed E-state index contributed by atoms with van der Waals surface area (Å²) in [5, 5.41) is 4.16. The van der Waals surface area contributed by atoms with E-state index < -0.39 is 5.92 Å². The average Bonchev–Trinajstić information content (AvgIpc) is 3.96. The van der Waals surface area contributed by atoms with Crippen molar-refractivity contribution in [1.29, 1.82) is 0 Å². The maximum Gasteiger partial charge on any atom is 0.298 e. The molecule has 59 heavy (non-hydrogen) atoms. The SMILES string of the molecule is CC(C)c1cc2c3ccc(-c4cccc5c4nc(-c4cccc6c4[nH]c4ccccc46)n5-c4ccccc4)cc3n(-c3ccccn3)c2cc1C(F)(F)c1ccccc1. The third-order valence-corrected chi connectivity index (χ3v) is 11.7. The van der Waals surface area contributed by atoms with Gasteiger partial charge in [0.05, 0.1) is 27.6 Å². The summed E-state index contributed by atoms with van der Waals surface area (Å²) in [5.41, 5.74) is 9.97. The van der Waals surface area contributed by atoms with Crippen LogP contribution in [0.25, 0.3) is 88.7 Å². The molecule has 0 bridgehead atoms. The fourth-order valence-electron chi connectivity index (χ4n) is 8.94. The van der Waals surface area contributed by atoms with Gasteiger partial charge in [0, 0.05) is 61.2 Å². The van der Waals surface area contributed by atoms with Gasteiger partial charge in [-0.25, -0.2) is 9.97 Å². The van der Waals surface area contributed by atoms with Gasteiger partial charge in [0.2, 0.25) is 0 Å². The number of imidazole rings is 1. The number of aromatic nitrogens is 5. The highest BCUT2D eigenvalue weighted by Gasteiger charge is 2.37. The summed E-state index contributed by atoms with van der Waals surface area (Å²) in [6.07, 6.45) is 1.74. The Balaban J connectivity index is 1.17. The van der Waals surface area contributed by atoms with E-state index in [1.165, 1.54) is 17.5 Å². The highest BCUT2D eigenvalue weighted by molar-refractivity contribution is 6.13. The van der Waals surface area contributed by atoms with Gasteiger partial charge in [0.1, 0.15) is 11.6 Å². The lowest BCUT2D eigenvalue weighted by atomic mass is 9.88. The molecular formula is C52H37F2N5. The van der Waals surface area contributed by atoms with Crippen LogP contribution in [0.15, 0.2) is 176 Å². The predicted octanol–water partition coefficient (Wildman–Crippen LogP) is 13.7. The normalized spacial score (nSPS) is 12.2. The van der Waals surface area contributed by atoms with E-state index in [9.17, 15) is 0 Å². The number of H-pyrrole nitrogens is 1. The molecule has 4 aromatic heterocycles. The first-order valence-electron chi connectivity index (χ1n) is 19.9. The lowest BCUT2D eigenvalue weighted by Crippen LogP contribution is -2.18. The summed E-state index contributed by atoms with van der Waals surface area (Å²) in [6.45, 7) is 3.95. The van der Waals surface area contributed by atoms with E-state index >= 15 is 8.78 Å². The lowest BCUT2D eigenvalue weighted by Gasteiger charge is -2.23. The predicted molar refractivity (Wildman–Crippen MR) is 237 cm³/mol. The second-order valence-corrected chi connectivity index (χ2v) is 15.5. The molecule has 0 atom stereocenters. The molecule has 7 aromatic carbocycles. The maximum atomic E-state index is 16.6. The standard InChI is InChI=1S/C52H37F2N5/c1-32(2)41-30-42-38-27-26-33(29-46(38)59(48-25-11-12-28-55-48)47(42)31-43(41)52(53,54)34-15-5-3-6-16-34)36-20-14-24-45-50(36)57-51(58(45)35-17-7-4-8-18-35)40-22-13-21-39-37-19-9-10-23-44(37)56-49(39)40/h3-32,56H,1-2H3. The Bertz CT molecular complexity index is 3380. The molecule has 11 rings (SSSR count). The zero-order valence-corrected chi connectivity index (χ0v) is 32.4. The number of alkyl halides is 2. The molecule has 0 amide bonds. The van der Waals surface area contributed by atoms with E-state index in [0.717, 1.165) is 71.9 Å². The van der Waals surface area contributed by atoms with Crippen LogP contribution in [0.2, 0.25) is 0 Å². The summed E-state index contributed by atoms with van der Waals surface area (Å²) < 4.78 is 37.6. The summed E-state index contributed by atoms with van der Waals surface area (Å²) in [7, 11) is 0. The molecule has 0 aliphatic carbocycles. The van der Waals surface area contributed by atoms with Gasteiger partial charge >= 0.3 is 0 Å².